The predicted molar refractivity (Wildman–Crippen MR) is 66.9 cm³/mol. The van der Waals surface area contributed by atoms with Crippen molar-refractivity contribution in [3.05, 3.63) is 29.3 Å². The van der Waals surface area contributed by atoms with Crippen LogP contribution in [-0.2, 0) is 17.6 Å². The SMILES string of the molecule is CC(C)C(N)C(=O)Oc1ccc2c(c1)CCC2. The Morgan fingerprint density at radius 2 is 2.00 bits per heavy atom. The van der Waals surface area contributed by atoms with Crippen molar-refractivity contribution < 1.29 is 9.53 Å². The molecular weight excluding hydrogens is 214 g/mol. The molecule has 0 aromatic heterocycles. The Hall–Kier alpha value is -1.35. The van der Waals surface area contributed by atoms with E-state index in [2.05, 4.69) is 0 Å². The first-order chi connectivity index (χ1) is 8.08. The zero-order valence-corrected chi connectivity index (χ0v) is 10.4. The predicted octanol–water partition coefficient (Wildman–Crippen LogP) is 2.06. The Morgan fingerprint density at radius 3 is 2.71 bits per heavy atom. The second kappa shape index (κ2) is 4.88. The fraction of sp³-hybridized carbons (Fsp3) is 0.500. The zero-order valence-electron chi connectivity index (χ0n) is 10.4. The number of carbonyl (C=O) groups is 1. The van der Waals surface area contributed by atoms with Crippen molar-refractivity contribution in [3.8, 4) is 5.75 Å². The van der Waals surface area contributed by atoms with Crippen LogP contribution in [0.2, 0.25) is 0 Å². The molecule has 1 aliphatic rings. The molecule has 0 aliphatic heterocycles. The Bertz CT molecular complexity index is 426. The van der Waals surface area contributed by atoms with Gasteiger partial charge >= 0.3 is 5.97 Å². The number of fused-ring (bicyclic) bond motifs is 1. The van der Waals surface area contributed by atoms with Crippen molar-refractivity contribution >= 4 is 5.97 Å². The van der Waals surface area contributed by atoms with Crippen LogP contribution in [0.25, 0.3) is 0 Å². The maximum atomic E-state index is 11.7. The van der Waals surface area contributed by atoms with Crippen LogP contribution >= 0.6 is 0 Å². The minimum absolute atomic E-state index is 0.0944. The fourth-order valence-corrected chi connectivity index (χ4v) is 2.07. The summed E-state index contributed by atoms with van der Waals surface area (Å²) in [5, 5.41) is 0. The number of rotatable bonds is 3. The number of hydrogen-bond acceptors (Lipinski definition) is 3. The molecule has 3 nitrogen and oxygen atoms in total. The number of benzene rings is 1. The summed E-state index contributed by atoms with van der Waals surface area (Å²) < 4.78 is 5.30. The van der Waals surface area contributed by atoms with E-state index in [4.69, 9.17) is 10.5 Å². The second-order valence-corrected chi connectivity index (χ2v) is 4.97. The summed E-state index contributed by atoms with van der Waals surface area (Å²) in [4.78, 5) is 11.7. The molecule has 1 aromatic carbocycles. The molecule has 0 spiro atoms. The monoisotopic (exact) mass is 233 g/mol. The first-order valence-corrected chi connectivity index (χ1v) is 6.17. The van der Waals surface area contributed by atoms with Gasteiger partial charge in [-0.25, -0.2) is 4.79 Å². The Morgan fingerprint density at radius 1 is 1.29 bits per heavy atom. The van der Waals surface area contributed by atoms with Gasteiger partial charge < -0.3 is 10.5 Å². The van der Waals surface area contributed by atoms with Gasteiger partial charge in [0, 0.05) is 0 Å². The van der Waals surface area contributed by atoms with E-state index in [-0.39, 0.29) is 11.9 Å². The third kappa shape index (κ3) is 2.67. The summed E-state index contributed by atoms with van der Waals surface area (Å²) >= 11 is 0. The van der Waals surface area contributed by atoms with Crippen molar-refractivity contribution in [2.24, 2.45) is 11.7 Å². The van der Waals surface area contributed by atoms with E-state index in [0.29, 0.717) is 5.75 Å². The highest BCUT2D eigenvalue weighted by molar-refractivity contribution is 5.78. The molecule has 0 saturated carbocycles. The van der Waals surface area contributed by atoms with Gasteiger partial charge in [-0.05, 0) is 48.4 Å². The highest BCUT2D eigenvalue weighted by atomic mass is 16.5. The number of esters is 1. The summed E-state index contributed by atoms with van der Waals surface area (Å²) in [6.07, 6.45) is 3.41. The molecule has 1 aliphatic carbocycles. The molecule has 1 aromatic rings. The number of hydrogen-bond donors (Lipinski definition) is 1. The standard InChI is InChI=1S/C14H19NO2/c1-9(2)13(15)14(16)17-12-7-6-10-4-3-5-11(10)8-12/h6-9,13H,3-5,15H2,1-2H3. The van der Waals surface area contributed by atoms with Gasteiger partial charge in [-0.1, -0.05) is 19.9 Å². The van der Waals surface area contributed by atoms with Crippen molar-refractivity contribution in [2.45, 2.75) is 39.2 Å². The molecule has 0 fully saturated rings. The van der Waals surface area contributed by atoms with Crippen molar-refractivity contribution in [1.29, 1.82) is 0 Å². The van der Waals surface area contributed by atoms with Gasteiger partial charge in [-0.3, -0.25) is 0 Å². The van der Waals surface area contributed by atoms with Gasteiger partial charge in [0.25, 0.3) is 0 Å². The second-order valence-electron chi connectivity index (χ2n) is 4.97. The molecule has 0 heterocycles. The van der Waals surface area contributed by atoms with E-state index in [1.807, 2.05) is 32.0 Å². The molecule has 3 heteroatoms. The van der Waals surface area contributed by atoms with Crippen LogP contribution in [0.1, 0.15) is 31.4 Å². The minimum Gasteiger partial charge on any atom is -0.425 e. The molecule has 1 unspecified atom stereocenters. The van der Waals surface area contributed by atoms with Crippen LogP contribution in [-0.4, -0.2) is 12.0 Å². The van der Waals surface area contributed by atoms with Crippen LogP contribution in [0.15, 0.2) is 18.2 Å². The van der Waals surface area contributed by atoms with Gasteiger partial charge in [0.05, 0.1) is 0 Å². The summed E-state index contributed by atoms with van der Waals surface area (Å²) in [6.45, 7) is 3.82. The van der Waals surface area contributed by atoms with E-state index in [1.54, 1.807) is 0 Å². The molecule has 2 rings (SSSR count). The topological polar surface area (TPSA) is 52.3 Å². The van der Waals surface area contributed by atoms with Crippen molar-refractivity contribution in [1.82, 2.24) is 0 Å². The molecule has 2 N–H and O–H groups in total. The summed E-state index contributed by atoms with van der Waals surface area (Å²) in [5.41, 5.74) is 8.42. The number of aryl methyl sites for hydroxylation is 2. The van der Waals surface area contributed by atoms with Gasteiger partial charge in [0.15, 0.2) is 0 Å². The maximum absolute atomic E-state index is 11.7. The third-order valence-electron chi connectivity index (χ3n) is 3.28. The van der Waals surface area contributed by atoms with Crippen molar-refractivity contribution in [2.75, 3.05) is 0 Å². The highest BCUT2D eigenvalue weighted by Crippen LogP contribution is 2.26. The van der Waals surface area contributed by atoms with Crippen LogP contribution in [0.4, 0.5) is 0 Å². The molecule has 92 valence electrons. The number of ether oxygens (including phenoxy) is 1. The van der Waals surface area contributed by atoms with Crippen molar-refractivity contribution in [3.63, 3.8) is 0 Å². The van der Waals surface area contributed by atoms with E-state index in [0.717, 1.165) is 12.8 Å². The van der Waals surface area contributed by atoms with E-state index < -0.39 is 6.04 Å². The lowest BCUT2D eigenvalue weighted by molar-refractivity contribution is -0.136. The molecule has 0 bridgehead atoms. The number of nitrogens with two attached hydrogens (primary N) is 1. The Balaban J connectivity index is 2.07. The quantitative estimate of drug-likeness (QED) is 0.642. The fourth-order valence-electron chi connectivity index (χ4n) is 2.07. The lowest BCUT2D eigenvalue weighted by Gasteiger charge is -2.14. The van der Waals surface area contributed by atoms with Gasteiger partial charge in [-0.15, -0.1) is 0 Å². The van der Waals surface area contributed by atoms with E-state index in [1.165, 1.54) is 17.5 Å². The zero-order chi connectivity index (χ0) is 12.4. The van der Waals surface area contributed by atoms with Crippen LogP contribution in [0.3, 0.4) is 0 Å². The lowest BCUT2D eigenvalue weighted by atomic mass is 10.1. The molecule has 17 heavy (non-hydrogen) atoms. The van der Waals surface area contributed by atoms with Crippen LogP contribution < -0.4 is 10.5 Å². The average molecular weight is 233 g/mol. The molecule has 0 saturated heterocycles. The first kappa shape index (κ1) is 12.1. The summed E-state index contributed by atoms with van der Waals surface area (Å²) in [5.74, 6) is 0.363. The molecule has 0 amide bonds. The lowest BCUT2D eigenvalue weighted by Crippen LogP contribution is -2.38. The van der Waals surface area contributed by atoms with E-state index >= 15 is 0 Å². The smallest absolute Gasteiger partial charge is 0.328 e. The highest BCUT2D eigenvalue weighted by Gasteiger charge is 2.20. The largest absolute Gasteiger partial charge is 0.425 e. The molecule has 1 atom stereocenters. The molecule has 0 radical (unpaired) electrons. The van der Waals surface area contributed by atoms with Gasteiger partial charge in [0.1, 0.15) is 11.8 Å². The average Bonchev–Trinajstić information content (AvgIpc) is 2.74. The Kier molecular flexibility index (Phi) is 3.48. The minimum atomic E-state index is -0.553. The summed E-state index contributed by atoms with van der Waals surface area (Å²) in [6, 6.07) is 5.32. The molecular formula is C14H19NO2. The maximum Gasteiger partial charge on any atom is 0.328 e. The van der Waals surface area contributed by atoms with Gasteiger partial charge in [0.2, 0.25) is 0 Å². The van der Waals surface area contributed by atoms with E-state index in [9.17, 15) is 4.79 Å². The normalized spacial score (nSPS) is 15.8. The van der Waals surface area contributed by atoms with Crippen LogP contribution in [0.5, 0.6) is 5.75 Å². The van der Waals surface area contributed by atoms with Crippen LogP contribution in [0, 0.1) is 5.92 Å². The third-order valence-corrected chi connectivity index (χ3v) is 3.28. The Labute approximate surface area is 102 Å². The summed E-state index contributed by atoms with van der Waals surface area (Å²) in [7, 11) is 0. The van der Waals surface area contributed by atoms with Gasteiger partial charge in [-0.2, -0.15) is 0 Å². The number of carbonyl (C=O) groups excluding carboxylic acids is 1. The first-order valence-electron chi connectivity index (χ1n) is 6.17.